The smallest absolute Gasteiger partial charge is 0.119 e. The predicted octanol–water partition coefficient (Wildman–Crippen LogP) is 0.521. The van der Waals surface area contributed by atoms with E-state index in [0.29, 0.717) is 19.8 Å². The van der Waals surface area contributed by atoms with Crippen LogP contribution in [0.2, 0.25) is 0 Å². The van der Waals surface area contributed by atoms with Gasteiger partial charge in [-0.3, -0.25) is 0 Å². The summed E-state index contributed by atoms with van der Waals surface area (Å²) in [5, 5.41) is 6.16. The molecule has 64 valence electrons. The fourth-order valence-electron chi connectivity index (χ4n) is 1.38. The molecule has 1 aliphatic heterocycles. The van der Waals surface area contributed by atoms with Crippen molar-refractivity contribution in [1.82, 2.24) is 5.32 Å². The zero-order chi connectivity index (χ0) is 8.16. The van der Waals surface area contributed by atoms with Crippen LogP contribution in [0.3, 0.4) is 0 Å². The van der Waals surface area contributed by atoms with Gasteiger partial charge in [-0.2, -0.15) is 4.91 Å². The van der Waals surface area contributed by atoms with Crippen molar-refractivity contribution in [3.63, 3.8) is 0 Å². The molecule has 1 rings (SSSR count). The third-order valence-electron chi connectivity index (χ3n) is 2.12. The van der Waals surface area contributed by atoms with E-state index in [2.05, 4.69) is 10.5 Å². The highest BCUT2D eigenvalue weighted by Gasteiger charge is 2.33. The molecule has 1 aliphatic rings. The fourth-order valence-corrected chi connectivity index (χ4v) is 1.38. The van der Waals surface area contributed by atoms with Crippen LogP contribution >= 0.6 is 0 Å². The van der Waals surface area contributed by atoms with Crippen LogP contribution < -0.4 is 5.32 Å². The van der Waals surface area contributed by atoms with E-state index in [-0.39, 0.29) is 0 Å². The van der Waals surface area contributed by atoms with Crippen molar-refractivity contribution in [3.8, 4) is 0 Å². The minimum absolute atomic E-state index is 0.396. The summed E-state index contributed by atoms with van der Waals surface area (Å²) in [6.45, 7) is 1.99. The fraction of sp³-hybridized carbons (Fsp3) is 1.00. The molecule has 0 radical (unpaired) electrons. The lowest BCUT2D eigenvalue weighted by atomic mass is 9.91. The monoisotopic (exact) mass is 158 g/mol. The lowest BCUT2D eigenvalue weighted by Crippen LogP contribution is -2.42. The van der Waals surface area contributed by atoms with Crippen molar-refractivity contribution in [2.75, 3.05) is 26.8 Å². The van der Waals surface area contributed by atoms with Gasteiger partial charge in [-0.05, 0) is 7.05 Å². The maximum Gasteiger partial charge on any atom is 0.119 e. The number of rotatable bonds is 3. The quantitative estimate of drug-likeness (QED) is 0.609. The van der Waals surface area contributed by atoms with Crippen LogP contribution in [-0.4, -0.2) is 32.3 Å². The molecule has 0 aromatic rings. The third kappa shape index (κ3) is 1.97. The van der Waals surface area contributed by atoms with Crippen LogP contribution in [0.4, 0.5) is 0 Å². The molecule has 0 atom stereocenters. The molecule has 0 spiro atoms. The average molecular weight is 158 g/mol. The topological polar surface area (TPSA) is 50.7 Å². The minimum atomic E-state index is -0.396. The Kier molecular flexibility index (Phi) is 2.96. The van der Waals surface area contributed by atoms with Crippen molar-refractivity contribution >= 4 is 0 Å². The molecule has 11 heavy (non-hydrogen) atoms. The maximum absolute atomic E-state index is 10.5. The van der Waals surface area contributed by atoms with Gasteiger partial charge in [-0.15, -0.1) is 0 Å². The summed E-state index contributed by atoms with van der Waals surface area (Å²) in [6.07, 6.45) is 1.49. The van der Waals surface area contributed by atoms with Gasteiger partial charge in [0.2, 0.25) is 0 Å². The molecule has 1 N–H and O–H groups in total. The summed E-state index contributed by atoms with van der Waals surface area (Å²) in [4.78, 5) is 10.5. The largest absolute Gasteiger partial charge is 0.381 e. The third-order valence-corrected chi connectivity index (χ3v) is 2.12. The van der Waals surface area contributed by atoms with Crippen LogP contribution in [-0.2, 0) is 4.74 Å². The van der Waals surface area contributed by atoms with E-state index in [1.807, 2.05) is 7.05 Å². The Bertz CT molecular complexity index is 127. The zero-order valence-corrected chi connectivity index (χ0v) is 6.80. The van der Waals surface area contributed by atoms with Gasteiger partial charge in [0.1, 0.15) is 5.54 Å². The van der Waals surface area contributed by atoms with Crippen molar-refractivity contribution in [3.05, 3.63) is 4.91 Å². The molecule has 0 aliphatic carbocycles. The molecule has 0 aromatic carbocycles. The van der Waals surface area contributed by atoms with E-state index in [4.69, 9.17) is 4.74 Å². The second-order valence-electron chi connectivity index (χ2n) is 2.96. The maximum atomic E-state index is 10.5. The van der Waals surface area contributed by atoms with Gasteiger partial charge >= 0.3 is 0 Å². The van der Waals surface area contributed by atoms with E-state index in [9.17, 15) is 4.91 Å². The number of ether oxygens (including phenoxy) is 1. The Labute approximate surface area is 66.3 Å². The van der Waals surface area contributed by atoms with E-state index in [0.717, 1.165) is 12.8 Å². The van der Waals surface area contributed by atoms with E-state index in [1.54, 1.807) is 0 Å². The Hall–Kier alpha value is -0.480. The Balaban J connectivity index is 2.49. The minimum Gasteiger partial charge on any atom is -0.381 e. The number of hydrogen-bond acceptors (Lipinski definition) is 4. The van der Waals surface area contributed by atoms with Crippen LogP contribution in [0, 0.1) is 4.91 Å². The average Bonchev–Trinajstić information content (AvgIpc) is 2.07. The van der Waals surface area contributed by atoms with Gasteiger partial charge < -0.3 is 10.1 Å². The molecular formula is C7H14N2O2. The number of nitroso groups, excluding NO2 is 1. The van der Waals surface area contributed by atoms with Gasteiger partial charge in [0, 0.05) is 32.6 Å². The Morgan fingerprint density at radius 3 is 2.64 bits per heavy atom. The lowest BCUT2D eigenvalue weighted by molar-refractivity contribution is 0.0541. The molecule has 0 saturated carbocycles. The van der Waals surface area contributed by atoms with Crippen molar-refractivity contribution in [1.29, 1.82) is 0 Å². The number of nitrogens with one attached hydrogen (secondary N) is 1. The van der Waals surface area contributed by atoms with Crippen molar-refractivity contribution in [2.24, 2.45) is 5.18 Å². The zero-order valence-electron chi connectivity index (χ0n) is 6.80. The van der Waals surface area contributed by atoms with E-state index in [1.165, 1.54) is 0 Å². The first kappa shape index (κ1) is 8.62. The molecule has 1 saturated heterocycles. The van der Waals surface area contributed by atoms with Crippen LogP contribution in [0.25, 0.3) is 0 Å². The Morgan fingerprint density at radius 1 is 1.55 bits per heavy atom. The van der Waals surface area contributed by atoms with Crippen molar-refractivity contribution < 1.29 is 4.74 Å². The lowest BCUT2D eigenvalue weighted by Gasteiger charge is -2.29. The van der Waals surface area contributed by atoms with Gasteiger partial charge in [-0.1, -0.05) is 5.18 Å². The number of hydrogen-bond donors (Lipinski definition) is 1. The van der Waals surface area contributed by atoms with Crippen LogP contribution in [0.5, 0.6) is 0 Å². The van der Waals surface area contributed by atoms with Gasteiger partial charge in [-0.25, -0.2) is 0 Å². The second-order valence-corrected chi connectivity index (χ2v) is 2.96. The predicted molar refractivity (Wildman–Crippen MR) is 42.5 cm³/mol. The van der Waals surface area contributed by atoms with E-state index >= 15 is 0 Å². The van der Waals surface area contributed by atoms with Gasteiger partial charge in [0.15, 0.2) is 0 Å². The molecule has 1 fully saturated rings. The van der Waals surface area contributed by atoms with Crippen LogP contribution in [0.1, 0.15) is 12.8 Å². The molecular weight excluding hydrogens is 144 g/mol. The molecule has 0 aromatic heterocycles. The molecule has 0 bridgehead atoms. The number of nitrogens with zero attached hydrogens (tertiary/aromatic N) is 1. The molecule has 0 amide bonds. The summed E-state index contributed by atoms with van der Waals surface area (Å²) in [5.41, 5.74) is -0.396. The molecule has 4 heteroatoms. The standard InChI is InChI=1S/C7H14N2O2/c1-8-6-7(9-10)2-4-11-5-3-7/h8H,2-6H2,1H3. The van der Waals surface area contributed by atoms with Crippen molar-refractivity contribution in [2.45, 2.75) is 18.4 Å². The first-order valence-corrected chi connectivity index (χ1v) is 3.90. The summed E-state index contributed by atoms with van der Waals surface area (Å²) in [6, 6.07) is 0. The highest BCUT2D eigenvalue weighted by atomic mass is 16.5. The van der Waals surface area contributed by atoms with E-state index < -0.39 is 5.54 Å². The summed E-state index contributed by atoms with van der Waals surface area (Å²) in [5.74, 6) is 0. The SMILES string of the molecule is CNCC1(N=O)CCOCC1. The Morgan fingerprint density at radius 2 is 2.18 bits per heavy atom. The summed E-state index contributed by atoms with van der Waals surface area (Å²) >= 11 is 0. The highest BCUT2D eigenvalue weighted by Crippen LogP contribution is 2.23. The highest BCUT2D eigenvalue weighted by molar-refractivity contribution is 4.91. The molecule has 0 unspecified atom stereocenters. The summed E-state index contributed by atoms with van der Waals surface area (Å²) in [7, 11) is 1.84. The second kappa shape index (κ2) is 3.78. The first-order chi connectivity index (χ1) is 5.33. The van der Waals surface area contributed by atoms with Gasteiger partial charge in [0.05, 0.1) is 0 Å². The number of likely N-dealkylation sites (N-methyl/N-ethyl adjacent to an activating group) is 1. The van der Waals surface area contributed by atoms with Gasteiger partial charge in [0.25, 0.3) is 0 Å². The first-order valence-electron chi connectivity index (χ1n) is 3.90. The summed E-state index contributed by atoms with van der Waals surface area (Å²) < 4.78 is 5.15. The van der Waals surface area contributed by atoms with Crippen LogP contribution in [0.15, 0.2) is 5.18 Å². The normalized spacial score (nSPS) is 23.0. The molecule has 4 nitrogen and oxygen atoms in total. The molecule has 1 heterocycles.